The highest BCUT2D eigenvalue weighted by molar-refractivity contribution is 7.07. The number of hydrogen-bond donors (Lipinski definition) is 1. The van der Waals surface area contributed by atoms with Gasteiger partial charge in [-0.1, -0.05) is 0 Å². The van der Waals surface area contributed by atoms with Crippen LogP contribution in [0, 0.1) is 11.8 Å². The quantitative estimate of drug-likeness (QED) is 0.712. The highest BCUT2D eigenvalue weighted by atomic mass is 35.5. The van der Waals surface area contributed by atoms with Crippen molar-refractivity contribution >= 4 is 35.3 Å². The maximum absolute atomic E-state index is 12.8. The Morgan fingerprint density at radius 1 is 1.20 bits per heavy atom. The van der Waals surface area contributed by atoms with Gasteiger partial charge in [0, 0.05) is 24.8 Å². The SMILES string of the molecule is COc1ccc(NC(=O)C2CC(C3CCN(Cc4ccsc4)CC3)N(C)C2)cc1.Cl. The fraction of sp³-hybridized carbons (Fsp3) is 0.522. The van der Waals surface area contributed by atoms with Gasteiger partial charge in [-0.2, -0.15) is 11.3 Å². The summed E-state index contributed by atoms with van der Waals surface area (Å²) in [6.07, 6.45) is 3.42. The van der Waals surface area contributed by atoms with Gasteiger partial charge in [-0.05, 0) is 92.0 Å². The van der Waals surface area contributed by atoms with Crippen LogP contribution in [0.2, 0.25) is 0 Å². The van der Waals surface area contributed by atoms with E-state index in [9.17, 15) is 4.79 Å². The van der Waals surface area contributed by atoms with Crippen LogP contribution in [0.15, 0.2) is 41.1 Å². The zero-order chi connectivity index (χ0) is 20.2. The fourth-order valence-electron chi connectivity index (χ4n) is 4.83. The van der Waals surface area contributed by atoms with E-state index < -0.39 is 0 Å². The van der Waals surface area contributed by atoms with Gasteiger partial charge in [-0.25, -0.2) is 0 Å². The van der Waals surface area contributed by atoms with Gasteiger partial charge in [0.15, 0.2) is 0 Å². The number of amides is 1. The number of rotatable bonds is 6. The molecule has 2 atom stereocenters. The van der Waals surface area contributed by atoms with E-state index in [1.807, 2.05) is 24.3 Å². The Hall–Kier alpha value is -1.60. The third kappa shape index (κ3) is 5.55. The van der Waals surface area contributed by atoms with Crippen molar-refractivity contribution < 1.29 is 9.53 Å². The van der Waals surface area contributed by atoms with Crippen LogP contribution in [-0.4, -0.2) is 55.5 Å². The van der Waals surface area contributed by atoms with E-state index in [1.165, 1.54) is 18.4 Å². The molecule has 2 aromatic rings. The van der Waals surface area contributed by atoms with Gasteiger partial charge in [-0.15, -0.1) is 12.4 Å². The molecular formula is C23H32ClN3O2S. The third-order valence-electron chi connectivity index (χ3n) is 6.49. The molecule has 7 heteroatoms. The molecule has 2 aliphatic rings. The summed E-state index contributed by atoms with van der Waals surface area (Å²) in [6, 6.07) is 10.3. The number of likely N-dealkylation sites (tertiary alicyclic amines) is 2. The van der Waals surface area contributed by atoms with Gasteiger partial charge in [0.25, 0.3) is 0 Å². The first-order chi connectivity index (χ1) is 14.1. The van der Waals surface area contributed by atoms with Crippen LogP contribution in [-0.2, 0) is 11.3 Å². The minimum absolute atomic E-state index is 0. The Bertz CT molecular complexity index is 791. The Balaban J connectivity index is 0.00000256. The van der Waals surface area contributed by atoms with Crippen molar-refractivity contribution in [3.8, 4) is 5.75 Å². The number of anilines is 1. The molecule has 1 aromatic heterocycles. The predicted molar refractivity (Wildman–Crippen MR) is 126 cm³/mol. The number of carbonyl (C=O) groups is 1. The van der Waals surface area contributed by atoms with E-state index in [4.69, 9.17) is 4.74 Å². The molecule has 164 valence electrons. The molecule has 0 spiro atoms. The molecule has 4 rings (SSSR count). The lowest BCUT2D eigenvalue weighted by atomic mass is 9.86. The molecule has 2 fully saturated rings. The van der Waals surface area contributed by atoms with E-state index in [0.717, 1.165) is 44.0 Å². The number of nitrogens with one attached hydrogen (secondary N) is 1. The molecule has 1 amide bonds. The van der Waals surface area contributed by atoms with E-state index in [-0.39, 0.29) is 24.2 Å². The van der Waals surface area contributed by atoms with Gasteiger partial charge in [0.05, 0.1) is 13.0 Å². The summed E-state index contributed by atoms with van der Waals surface area (Å²) in [6.45, 7) is 4.24. The van der Waals surface area contributed by atoms with Crippen LogP contribution in [0.3, 0.4) is 0 Å². The largest absolute Gasteiger partial charge is 0.497 e. The Kier molecular flexibility index (Phi) is 8.17. The molecule has 2 unspecified atom stereocenters. The zero-order valence-corrected chi connectivity index (χ0v) is 19.4. The highest BCUT2D eigenvalue weighted by Gasteiger charge is 2.39. The van der Waals surface area contributed by atoms with Gasteiger partial charge in [-0.3, -0.25) is 9.69 Å². The number of carbonyl (C=O) groups excluding carboxylic acids is 1. The Morgan fingerprint density at radius 3 is 2.57 bits per heavy atom. The van der Waals surface area contributed by atoms with E-state index >= 15 is 0 Å². The van der Waals surface area contributed by atoms with Crippen LogP contribution in [0.1, 0.15) is 24.8 Å². The van der Waals surface area contributed by atoms with E-state index in [1.54, 1.807) is 18.4 Å². The minimum atomic E-state index is 0. The summed E-state index contributed by atoms with van der Waals surface area (Å²) < 4.78 is 5.18. The second kappa shape index (κ2) is 10.6. The van der Waals surface area contributed by atoms with Gasteiger partial charge >= 0.3 is 0 Å². The van der Waals surface area contributed by atoms with E-state index in [2.05, 4.69) is 39.0 Å². The number of methoxy groups -OCH3 is 1. The van der Waals surface area contributed by atoms with Crippen molar-refractivity contribution in [2.75, 3.05) is 39.1 Å². The molecular weight excluding hydrogens is 418 g/mol. The van der Waals surface area contributed by atoms with Crippen molar-refractivity contribution in [3.63, 3.8) is 0 Å². The molecule has 2 aliphatic heterocycles. The molecule has 0 saturated carbocycles. The van der Waals surface area contributed by atoms with Crippen LogP contribution in [0.25, 0.3) is 0 Å². The lowest BCUT2D eigenvalue weighted by Gasteiger charge is -2.37. The minimum Gasteiger partial charge on any atom is -0.497 e. The molecule has 2 saturated heterocycles. The smallest absolute Gasteiger partial charge is 0.228 e. The monoisotopic (exact) mass is 449 g/mol. The van der Waals surface area contributed by atoms with Crippen LogP contribution in [0.4, 0.5) is 5.69 Å². The van der Waals surface area contributed by atoms with Crippen molar-refractivity contribution in [2.24, 2.45) is 11.8 Å². The molecule has 1 N–H and O–H groups in total. The van der Waals surface area contributed by atoms with Gasteiger partial charge in [0.1, 0.15) is 5.75 Å². The summed E-state index contributed by atoms with van der Waals surface area (Å²) in [5.74, 6) is 1.70. The highest BCUT2D eigenvalue weighted by Crippen LogP contribution is 2.34. The fourth-order valence-corrected chi connectivity index (χ4v) is 5.49. The number of thiophene rings is 1. The number of ether oxygens (including phenoxy) is 1. The first-order valence-corrected chi connectivity index (χ1v) is 11.4. The average molecular weight is 450 g/mol. The number of hydrogen-bond acceptors (Lipinski definition) is 5. The lowest BCUT2D eigenvalue weighted by Crippen LogP contribution is -2.41. The summed E-state index contributed by atoms with van der Waals surface area (Å²) >= 11 is 1.78. The standard InChI is InChI=1S/C23H31N3O2S.ClH/c1-25-15-19(23(27)24-20-3-5-21(28-2)6-4-20)13-22(25)18-7-10-26(11-8-18)14-17-9-12-29-16-17;/h3-6,9,12,16,18-19,22H,7-8,10-11,13-15H2,1-2H3,(H,24,27);1H. The van der Waals surface area contributed by atoms with Crippen molar-refractivity contribution in [3.05, 3.63) is 46.7 Å². The second-order valence-corrected chi connectivity index (χ2v) is 9.18. The maximum Gasteiger partial charge on any atom is 0.228 e. The molecule has 0 radical (unpaired) electrons. The summed E-state index contributed by atoms with van der Waals surface area (Å²) in [5, 5.41) is 7.49. The summed E-state index contributed by atoms with van der Waals surface area (Å²) in [4.78, 5) is 17.8. The van der Waals surface area contributed by atoms with Crippen molar-refractivity contribution in [1.82, 2.24) is 9.80 Å². The number of nitrogens with zero attached hydrogens (tertiary/aromatic N) is 2. The Morgan fingerprint density at radius 2 is 1.93 bits per heavy atom. The third-order valence-corrected chi connectivity index (χ3v) is 7.22. The number of piperidine rings is 1. The van der Waals surface area contributed by atoms with Crippen molar-refractivity contribution in [1.29, 1.82) is 0 Å². The van der Waals surface area contributed by atoms with Crippen LogP contribution >= 0.6 is 23.7 Å². The summed E-state index contributed by atoms with van der Waals surface area (Å²) in [7, 11) is 3.83. The molecule has 5 nitrogen and oxygen atoms in total. The number of halogens is 1. The van der Waals surface area contributed by atoms with Crippen molar-refractivity contribution in [2.45, 2.75) is 31.8 Å². The number of benzene rings is 1. The topological polar surface area (TPSA) is 44.8 Å². The average Bonchev–Trinajstić information content (AvgIpc) is 3.39. The first kappa shape index (κ1) is 23.1. The predicted octanol–water partition coefficient (Wildman–Crippen LogP) is 4.35. The van der Waals surface area contributed by atoms with Gasteiger partial charge in [0.2, 0.25) is 5.91 Å². The maximum atomic E-state index is 12.8. The Labute approximate surface area is 189 Å². The summed E-state index contributed by atoms with van der Waals surface area (Å²) in [5.41, 5.74) is 2.27. The first-order valence-electron chi connectivity index (χ1n) is 10.5. The van der Waals surface area contributed by atoms with Crippen LogP contribution < -0.4 is 10.1 Å². The molecule has 1 aromatic carbocycles. The molecule has 0 bridgehead atoms. The van der Waals surface area contributed by atoms with Crippen LogP contribution in [0.5, 0.6) is 5.75 Å². The molecule has 30 heavy (non-hydrogen) atoms. The molecule has 3 heterocycles. The normalized spacial score (nSPS) is 23.1. The lowest BCUT2D eigenvalue weighted by molar-refractivity contribution is -0.119. The van der Waals surface area contributed by atoms with E-state index in [0.29, 0.717) is 12.0 Å². The molecule has 0 aliphatic carbocycles. The van der Waals surface area contributed by atoms with Gasteiger partial charge < -0.3 is 15.0 Å². The zero-order valence-electron chi connectivity index (χ0n) is 17.8. The second-order valence-electron chi connectivity index (χ2n) is 8.40.